The van der Waals surface area contributed by atoms with Gasteiger partial charge in [0.2, 0.25) is 0 Å². The summed E-state index contributed by atoms with van der Waals surface area (Å²) in [4.78, 5) is 16.8. The van der Waals surface area contributed by atoms with Crippen LogP contribution in [0.3, 0.4) is 0 Å². The summed E-state index contributed by atoms with van der Waals surface area (Å²) in [6, 6.07) is 9.65. The average Bonchev–Trinajstić information content (AvgIpc) is 2.49. The minimum absolute atomic E-state index is 0. The summed E-state index contributed by atoms with van der Waals surface area (Å²) in [5.74, 6) is -0.0725. The SMILES string of the molecule is Cl.N[C@@H]1CCCC[C@H]1NC(=O)c1cccc2cccnc12. The second-order valence-corrected chi connectivity index (χ2v) is 5.41. The zero-order chi connectivity index (χ0) is 13.9. The van der Waals surface area contributed by atoms with E-state index in [1.807, 2.05) is 30.3 Å². The van der Waals surface area contributed by atoms with Crippen LogP contribution in [0.5, 0.6) is 0 Å². The highest BCUT2D eigenvalue weighted by atomic mass is 35.5. The predicted octanol–water partition coefficient (Wildman–Crippen LogP) is 2.66. The Kier molecular flexibility index (Phi) is 5.15. The standard InChI is InChI=1S/C16H19N3O.ClH/c17-13-8-1-2-9-14(13)19-16(20)12-7-3-5-11-6-4-10-18-15(11)12;/h3-7,10,13-14H,1-2,8-9,17H2,(H,19,20);1H/t13-,14-;/m1./s1. The van der Waals surface area contributed by atoms with Gasteiger partial charge in [0.05, 0.1) is 11.1 Å². The minimum atomic E-state index is -0.0725. The summed E-state index contributed by atoms with van der Waals surface area (Å²) in [6.07, 6.45) is 5.95. The van der Waals surface area contributed by atoms with Crippen molar-refractivity contribution in [1.29, 1.82) is 0 Å². The van der Waals surface area contributed by atoms with Crippen LogP contribution in [0.2, 0.25) is 0 Å². The fourth-order valence-corrected chi connectivity index (χ4v) is 2.87. The van der Waals surface area contributed by atoms with Gasteiger partial charge in [0.1, 0.15) is 0 Å². The van der Waals surface area contributed by atoms with Crippen LogP contribution in [-0.2, 0) is 0 Å². The highest BCUT2D eigenvalue weighted by Gasteiger charge is 2.24. The number of nitrogens with zero attached hydrogens (tertiary/aromatic N) is 1. The maximum atomic E-state index is 12.5. The van der Waals surface area contributed by atoms with Crippen LogP contribution in [0, 0.1) is 0 Å². The third-order valence-corrected chi connectivity index (χ3v) is 4.01. The van der Waals surface area contributed by atoms with Gasteiger partial charge in [-0.1, -0.05) is 31.0 Å². The van der Waals surface area contributed by atoms with Gasteiger partial charge < -0.3 is 11.1 Å². The van der Waals surface area contributed by atoms with Gasteiger partial charge in [-0.25, -0.2) is 0 Å². The summed E-state index contributed by atoms with van der Waals surface area (Å²) in [5.41, 5.74) is 7.46. The third-order valence-electron chi connectivity index (χ3n) is 4.01. The van der Waals surface area contributed by atoms with Crippen molar-refractivity contribution in [2.45, 2.75) is 37.8 Å². The number of nitrogens with one attached hydrogen (secondary N) is 1. The van der Waals surface area contributed by atoms with Crippen molar-refractivity contribution >= 4 is 29.2 Å². The Morgan fingerprint density at radius 2 is 1.95 bits per heavy atom. The van der Waals surface area contributed by atoms with E-state index in [0.29, 0.717) is 5.56 Å². The van der Waals surface area contributed by atoms with Crippen LogP contribution in [0.25, 0.3) is 10.9 Å². The smallest absolute Gasteiger partial charge is 0.253 e. The molecule has 1 aromatic carbocycles. The lowest BCUT2D eigenvalue weighted by atomic mass is 9.91. The van der Waals surface area contributed by atoms with Gasteiger partial charge in [-0.2, -0.15) is 0 Å². The van der Waals surface area contributed by atoms with E-state index in [1.54, 1.807) is 6.20 Å². The Morgan fingerprint density at radius 3 is 2.76 bits per heavy atom. The van der Waals surface area contributed by atoms with Crippen molar-refractivity contribution in [3.8, 4) is 0 Å². The first-order chi connectivity index (χ1) is 9.75. The maximum absolute atomic E-state index is 12.5. The van der Waals surface area contributed by atoms with E-state index in [1.165, 1.54) is 0 Å². The van der Waals surface area contributed by atoms with Crippen LogP contribution in [0.4, 0.5) is 0 Å². The van der Waals surface area contributed by atoms with Gasteiger partial charge >= 0.3 is 0 Å². The predicted molar refractivity (Wildman–Crippen MR) is 86.7 cm³/mol. The molecule has 4 nitrogen and oxygen atoms in total. The van der Waals surface area contributed by atoms with Crippen LogP contribution in [-0.4, -0.2) is 23.0 Å². The molecule has 112 valence electrons. The molecule has 0 unspecified atom stereocenters. The molecular formula is C16H20ClN3O. The number of fused-ring (bicyclic) bond motifs is 1. The van der Waals surface area contributed by atoms with E-state index in [2.05, 4.69) is 10.3 Å². The molecule has 3 rings (SSSR count). The van der Waals surface area contributed by atoms with Crippen molar-refractivity contribution in [3.05, 3.63) is 42.1 Å². The van der Waals surface area contributed by atoms with Gasteiger partial charge in [-0.15, -0.1) is 12.4 Å². The molecule has 0 spiro atoms. The third kappa shape index (κ3) is 3.34. The quantitative estimate of drug-likeness (QED) is 0.896. The monoisotopic (exact) mass is 305 g/mol. The normalized spacial score (nSPS) is 21.6. The molecule has 1 aromatic heterocycles. The second kappa shape index (κ2) is 6.87. The van der Waals surface area contributed by atoms with E-state index in [4.69, 9.17) is 5.73 Å². The van der Waals surface area contributed by atoms with Crippen LogP contribution < -0.4 is 11.1 Å². The Balaban J connectivity index is 0.00000161. The lowest BCUT2D eigenvalue weighted by molar-refractivity contribution is 0.0923. The highest BCUT2D eigenvalue weighted by molar-refractivity contribution is 6.05. The van der Waals surface area contributed by atoms with E-state index in [0.717, 1.165) is 36.6 Å². The summed E-state index contributed by atoms with van der Waals surface area (Å²) in [5, 5.41) is 4.05. The molecule has 1 amide bonds. The van der Waals surface area contributed by atoms with Crippen molar-refractivity contribution in [1.82, 2.24) is 10.3 Å². The van der Waals surface area contributed by atoms with Gasteiger partial charge in [-0.05, 0) is 25.0 Å². The molecule has 0 aliphatic heterocycles. The Bertz CT molecular complexity index is 626. The van der Waals surface area contributed by atoms with E-state index < -0.39 is 0 Å². The molecule has 0 bridgehead atoms. The number of para-hydroxylation sites is 1. The lowest BCUT2D eigenvalue weighted by Gasteiger charge is -2.29. The molecule has 1 fully saturated rings. The van der Waals surface area contributed by atoms with Crippen LogP contribution >= 0.6 is 12.4 Å². The molecule has 2 aromatic rings. The molecule has 3 N–H and O–H groups in total. The average molecular weight is 306 g/mol. The number of aromatic nitrogens is 1. The van der Waals surface area contributed by atoms with Crippen LogP contribution in [0.15, 0.2) is 36.5 Å². The molecule has 21 heavy (non-hydrogen) atoms. The first-order valence-corrected chi connectivity index (χ1v) is 7.16. The molecule has 5 heteroatoms. The topological polar surface area (TPSA) is 68.0 Å². The maximum Gasteiger partial charge on any atom is 0.253 e. The summed E-state index contributed by atoms with van der Waals surface area (Å²) in [6.45, 7) is 0. The summed E-state index contributed by atoms with van der Waals surface area (Å²) < 4.78 is 0. The lowest BCUT2D eigenvalue weighted by Crippen LogP contribution is -2.49. The number of pyridine rings is 1. The van der Waals surface area contributed by atoms with Gasteiger partial charge in [-0.3, -0.25) is 9.78 Å². The van der Waals surface area contributed by atoms with Crippen LogP contribution in [0.1, 0.15) is 36.0 Å². The molecule has 1 aliphatic carbocycles. The van der Waals surface area contributed by atoms with Crippen molar-refractivity contribution < 1.29 is 4.79 Å². The number of hydrogen-bond acceptors (Lipinski definition) is 3. The zero-order valence-corrected chi connectivity index (χ0v) is 12.6. The molecule has 2 atom stereocenters. The van der Waals surface area contributed by atoms with Gasteiger partial charge in [0.25, 0.3) is 5.91 Å². The Labute approximate surface area is 130 Å². The molecule has 0 radical (unpaired) electrons. The number of halogens is 1. The number of hydrogen-bond donors (Lipinski definition) is 2. The van der Waals surface area contributed by atoms with Gasteiger partial charge in [0, 0.05) is 23.7 Å². The first kappa shape index (κ1) is 15.7. The molecule has 1 aliphatic rings. The summed E-state index contributed by atoms with van der Waals surface area (Å²) >= 11 is 0. The van der Waals surface area contributed by atoms with Crippen molar-refractivity contribution in [2.75, 3.05) is 0 Å². The zero-order valence-electron chi connectivity index (χ0n) is 11.8. The number of nitrogens with two attached hydrogens (primary N) is 1. The number of rotatable bonds is 2. The van der Waals surface area contributed by atoms with Gasteiger partial charge in [0.15, 0.2) is 0 Å². The molecule has 1 heterocycles. The Hall–Kier alpha value is -1.65. The van der Waals surface area contributed by atoms with E-state index >= 15 is 0 Å². The molecule has 0 saturated heterocycles. The number of amides is 1. The van der Waals surface area contributed by atoms with Crippen molar-refractivity contribution in [3.63, 3.8) is 0 Å². The number of benzene rings is 1. The second-order valence-electron chi connectivity index (χ2n) is 5.41. The minimum Gasteiger partial charge on any atom is -0.348 e. The first-order valence-electron chi connectivity index (χ1n) is 7.16. The molecular weight excluding hydrogens is 286 g/mol. The number of carbonyl (C=O) groups is 1. The fourth-order valence-electron chi connectivity index (χ4n) is 2.87. The fraction of sp³-hybridized carbons (Fsp3) is 0.375. The highest BCUT2D eigenvalue weighted by Crippen LogP contribution is 2.19. The van der Waals surface area contributed by atoms with E-state index in [9.17, 15) is 4.79 Å². The number of carbonyl (C=O) groups excluding carboxylic acids is 1. The largest absolute Gasteiger partial charge is 0.348 e. The summed E-state index contributed by atoms with van der Waals surface area (Å²) in [7, 11) is 0. The Morgan fingerprint density at radius 1 is 1.19 bits per heavy atom. The molecule has 1 saturated carbocycles. The van der Waals surface area contributed by atoms with Crippen molar-refractivity contribution in [2.24, 2.45) is 5.73 Å². The van der Waals surface area contributed by atoms with E-state index in [-0.39, 0.29) is 30.4 Å².